The average Bonchev–Trinajstić information content (AvgIpc) is 2.86. The van der Waals surface area contributed by atoms with Crippen LogP contribution in [0.4, 0.5) is 0 Å². The SMILES string of the molecule is CSCCC(N)C(=O)N(O)C(=O)C1Cc2ccccc2CN1C(=O)[C@@H](NC(=O)[C@@H](N)CS)C(C)C. The molecule has 1 aromatic rings. The number of nitrogens with two attached hydrogens (primary N) is 2. The number of amides is 4. The van der Waals surface area contributed by atoms with Crippen molar-refractivity contribution >= 4 is 48.0 Å². The number of hydrogen-bond acceptors (Lipinski definition) is 9. The smallest absolute Gasteiger partial charge is 0.276 e. The van der Waals surface area contributed by atoms with Gasteiger partial charge in [0.1, 0.15) is 12.1 Å². The van der Waals surface area contributed by atoms with Crippen molar-refractivity contribution in [3.8, 4) is 0 Å². The first-order chi connectivity index (χ1) is 16.5. The van der Waals surface area contributed by atoms with E-state index in [1.807, 2.05) is 30.5 Å². The van der Waals surface area contributed by atoms with Gasteiger partial charge in [-0.25, -0.2) is 0 Å². The van der Waals surface area contributed by atoms with E-state index < -0.39 is 47.8 Å². The summed E-state index contributed by atoms with van der Waals surface area (Å²) in [5.74, 6) is -2.56. The lowest BCUT2D eigenvalue weighted by molar-refractivity contribution is -0.185. The zero-order valence-corrected chi connectivity index (χ0v) is 21.9. The molecule has 2 unspecified atom stereocenters. The van der Waals surface area contributed by atoms with Gasteiger partial charge in [-0.15, -0.1) is 0 Å². The number of carbonyl (C=O) groups is 4. The Labute approximate surface area is 215 Å². The van der Waals surface area contributed by atoms with Crippen LogP contribution in [0.25, 0.3) is 0 Å². The molecule has 0 aromatic heterocycles. The second kappa shape index (κ2) is 13.3. The molecule has 1 aliphatic heterocycles. The molecule has 0 radical (unpaired) electrons. The van der Waals surface area contributed by atoms with Crippen molar-refractivity contribution in [1.29, 1.82) is 0 Å². The molecule has 4 amide bonds. The largest absolute Gasteiger partial charge is 0.343 e. The Balaban J connectivity index is 2.36. The van der Waals surface area contributed by atoms with Crippen LogP contribution in [0.15, 0.2) is 24.3 Å². The van der Waals surface area contributed by atoms with Crippen LogP contribution in [-0.4, -0.2) is 80.7 Å². The Hall–Kier alpha value is -2.12. The highest BCUT2D eigenvalue weighted by Gasteiger charge is 2.42. The van der Waals surface area contributed by atoms with Crippen molar-refractivity contribution in [3.05, 3.63) is 35.4 Å². The number of fused-ring (bicyclic) bond motifs is 1. The molecule has 0 bridgehead atoms. The highest BCUT2D eigenvalue weighted by atomic mass is 32.2. The molecular formula is C23H35N5O5S2. The summed E-state index contributed by atoms with van der Waals surface area (Å²) in [4.78, 5) is 53.3. The highest BCUT2D eigenvalue weighted by molar-refractivity contribution is 7.98. The van der Waals surface area contributed by atoms with Crippen molar-refractivity contribution in [1.82, 2.24) is 15.3 Å². The van der Waals surface area contributed by atoms with Crippen molar-refractivity contribution in [3.63, 3.8) is 0 Å². The second-order valence-corrected chi connectivity index (χ2v) is 10.2. The number of thioether (sulfide) groups is 1. The van der Waals surface area contributed by atoms with Crippen LogP contribution in [0.3, 0.4) is 0 Å². The number of thiol groups is 1. The van der Waals surface area contributed by atoms with Crippen LogP contribution in [0.2, 0.25) is 0 Å². The fourth-order valence-electron chi connectivity index (χ4n) is 3.79. The number of nitrogens with one attached hydrogen (secondary N) is 1. The van der Waals surface area contributed by atoms with Crippen LogP contribution in [0, 0.1) is 5.92 Å². The monoisotopic (exact) mass is 525 g/mol. The number of carbonyl (C=O) groups excluding carboxylic acids is 4. The zero-order valence-electron chi connectivity index (χ0n) is 20.2. The van der Waals surface area contributed by atoms with E-state index in [2.05, 4.69) is 17.9 Å². The van der Waals surface area contributed by atoms with Gasteiger partial charge in [0.15, 0.2) is 0 Å². The van der Waals surface area contributed by atoms with Crippen LogP contribution in [0.1, 0.15) is 31.4 Å². The molecule has 10 nitrogen and oxygen atoms in total. The Morgan fingerprint density at radius 3 is 2.40 bits per heavy atom. The summed E-state index contributed by atoms with van der Waals surface area (Å²) in [6.45, 7) is 3.59. The molecule has 6 N–H and O–H groups in total. The van der Waals surface area contributed by atoms with E-state index in [1.165, 1.54) is 16.7 Å². The van der Waals surface area contributed by atoms with Gasteiger partial charge in [-0.05, 0) is 35.5 Å². The predicted octanol–water partition coefficient (Wildman–Crippen LogP) is 0.163. The van der Waals surface area contributed by atoms with Crippen LogP contribution in [-0.2, 0) is 32.1 Å². The van der Waals surface area contributed by atoms with Crippen molar-refractivity contribution in [2.24, 2.45) is 17.4 Å². The van der Waals surface area contributed by atoms with Crippen molar-refractivity contribution in [2.75, 3.05) is 17.8 Å². The number of nitrogens with zero attached hydrogens (tertiary/aromatic N) is 2. The number of hydroxylamine groups is 2. The molecule has 4 atom stereocenters. The molecule has 2 rings (SSSR count). The van der Waals surface area contributed by atoms with E-state index in [9.17, 15) is 24.4 Å². The van der Waals surface area contributed by atoms with Gasteiger partial charge < -0.3 is 21.7 Å². The van der Waals surface area contributed by atoms with E-state index in [0.717, 1.165) is 11.1 Å². The molecule has 0 saturated heterocycles. The van der Waals surface area contributed by atoms with E-state index in [-0.39, 0.29) is 36.1 Å². The second-order valence-electron chi connectivity index (χ2n) is 8.85. The van der Waals surface area contributed by atoms with Crippen LogP contribution < -0.4 is 16.8 Å². The minimum Gasteiger partial charge on any atom is -0.343 e. The molecule has 194 valence electrons. The van der Waals surface area contributed by atoms with E-state index in [0.29, 0.717) is 5.75 Å². The highest BCUT2D eigenvalue weighted by Crippen LogP contribution is 2.26. The first-order valence-corrected chi connectivity index (χ1v) is 13.4. The molecule has 12 heteroatoms. The van der Waals surface area contributed by atoms with Gasteiger partial charge in [0.05, 0.1) is 12.1 Å². The van der Waals surface area contributed by atoms with Gasteiger partial charge >= 0.3 is 0 Å². The average molecular weight is 526 g/mol. The first-order valence-electron chi connectivity index (χ1n) is 11.4. The van der Waals surface area contributed by atoms with Gasteiger partial charge in [0.2, 0.25) is 11.8 Å². The van der Waals surface area contributed by atoms with Gasteiger partial charge in [-0.3, -0.25) is 24.4 Å². The van der Waals surface area contributed by atoms with Crippen molar-refractivity contribution in [2.45, 2.75) is 57.4 Å². The normalized spacial score (nSPS) is 17.8. The Morgan fingerprint density at radius 1 is 1.20 bits per heavy atom. The summed E-state index contributed by atoms with van der Waals surface area (Å²) in [5.41, 5.74) is 13.3. The lowest BCUT2D eigenvalue weighted by Gasteiger charge is -2.39. The maximum Gasteiger partial charge on any atom is 0.276 e. The minimum absolute atomic E-state index is 0.0314. The summed E-state index contributed by atoms with van der Waals surface area (Å²) >= 11 is 5.52. The third-order valence-corrected chi connectivity index (χ3v) is 6.99. The molecule has 1 heterocycles. The molecule has 0 fully saturated rings. The van der Waals surface area contributed by atoms with Gasteiger partial charge in [0.25, 0.3) is 11.8 Å². The van der Waals surface area contributed by atoms with Crippen molar-refractivity contribution < 1.29 is 24.4 Å². The summed E-state index contributed by atoms with van der Waals surface area (Å²) in [6, 6.07) is 3.23. The maximum atomic E-state index is 13.7. The van der Waals surface area contributed by atoms with E-state index >= 15 is 0 Å². The van der Waals surface area contributed by atoms with Crippen LogP contribution in [0.5, 0.6) is 0 Å². The number of hydrogen-bond donors (Lipinski definition) is 5. The lowest BCUT2D eigenvalue weighted by Crippen LogP contribution is -2.61. The Bertz CT molecular complexity index is 931. The molecule has 0 saturated carbocycles. The van der Waals surface area contributed by atoms with Gasteiger partial charge in [-0.1, -0.05) is 38.1 Å². The van der Waals surface area contributed by atoms with E-state index in [1.54, 1.807) is 13.8 Å². The summed E-state index contributed by atoms with van der Waals surface area (Å²) in [5, 5.41) is 13.2. The van der Waals surface area contributed by atoms with E-state index in [4.69, 9.17) is 11.5 Å². The summed E-state index contributed by atoms with van der Waals surface area (Å²) < 4.78 is 0. The number of rotatable bonds is 10. The molecule has 1 aliphatic rings. The summed E-state index contributed by atoms with van der Waals surface area (Å²) in [7, 11) is 0. The molecule has 0 aliphatic carbocycles. The molecule has 1 aromatic carbocycles. The quantitative estimate of drug-likeness (QED) is 0.164. The molecule has 0 spiro atoms. The molecular weight excluding hydrogens is 490 g/mol. The number of benzene rings is 1. The van der Waals surface area contributed by atoms with Gasteiger partial charge in [0, 0.05) is 18.7 Å². The Morgan fingerprint density at radius 2 is 1.83 bits per heavy atom. The third-order valence-electron chi connectivity index (χ3n) is 5.95. The number of imide groups is 1. The van der Waals surface area contributed by atoms with Crippen LogP contribution >= 0.6 is 24.4 Å². The minimum atomic E-state index is -1.16. The standard InChI is InChI=1S/C23H35N5O5S2/c1-13(2)19(26-20(29)17(25)12-34)23(32)27-11-15-7-5-4-6-14(15)10-18(27)22(31)28(33)21(30)16(24)8-9-35-3/h4-7,13,16-19,33-34H,8-12,24-25H2,1-3H3,(H,26,29)/t16?,17-,18?,19-/m0/s1. The maximum absolute atomic E-state index is 13.7. The topological polar surface area (TPSA) is 159 Å². The van der Waals surface area contributed by atoms with Gasteiger partial charge in [-0.2, -0.15) is 29.5 Å². The molecule has 35 heavy (non-hydrogen) atoms. The fraction of sp³-hybridized carbons (Fsp3) is 0.565. The first kappa shape index (κ1) is 29.1. The third kappa shape index (κ3) is 7.20. The lowest BCUT2D eigenvalue weighted by atomic mass is 9.91. The predicted molar refractivity (Wildman–Crippen MR) is 138 cm³/mol. The summed E-state index contributed by atoms with van der Waals surface area (Å²) in [6.07, 6.45) is 2.24. The fourth-order valence-corrected chi connectivity index (χ4v) is 4.44. The Kier molecular flexibility index (Phi) is 11.0. The zero-order chi connectivity index (χ0) is 26.3.